The molecular formula is C17H29BSi. The van der Waals surface area contributed by atoms with Crippen molar-refractivity contribution in [1.29, 1.82) is 0 Å². The molecule has 0 radical (unpaired) electrons. The van der Waals surface area contributed by atoms with E-state index in [9.17, 15) is 0 Å². The molecule has 104 valence electrons. The topological polar surface area (TPSA) is 0 Å². The summed E-state index contributed by atoms with van der Waals surface area (Å²) in [5.41, 5.74) is 1.93. The summed E-state index contributed by atoms with van der Waals surface area (Å²) in [6.07, 6.45) is 16.6. The highest BCUT2D eigenvalue weighted by atomic mass is 28.3. The van der Waals surface area contributed by atoms with Crippen molar-refractivity contribution in [2.75, 3.05) is 0 Å². The maximum Gasteiger partial charge on any atom is 0.176 e. The lowest BCUT2D eigenvalue weighted by Crippen LogP contribution is -2.40. The molecule has 3 rings (SSSR count). The number of hydrogen-bond donors (Lipinski definition) is 0. The van der Waals surface area contributed by atoms with E-state index in [0.29, 0.717) is 0 Å². The molecule has 0 amide bonds. The van der Waals surface area contributed by atoms with Gasteiger partial charge in [0.25, 0.3) is 0 Å². The number of rotatable bonds is 2. The van der Waals surface area contributed by atoms with Crippen molar-refractivity contribution < 1.29 is 0 Å². The van der Waals surface area contributed by atoms with E-state index in [2.05, 4.69) is 31.8 Å². The second kappa shape index (κ2) is 5.27. The van der Waals surface area contributed by atoms with Crippen LogP contribution in [0.2, 0.25) is 31.3 Å². The maximum absolute atomic E-state index is 2.56. The molecule has 2 aliphatic heterocycles. The van der Waals surface area contributed by atoms with Crippen LogP contribution in [0.5, 0.6) is 0 Å². The van der Waals surface area contributed by atoms with Gasteiger partial charge in [-0.1, -0.05) is 87.1 Å². The molecule has 0 spiro atoms. The first-order valence-electron chi connectivity index (χ1n) is 8.45. The second-order valence-corrected chi connectivity index (χ2v) is 13.1. The molecular weight excluding hydrogens is 243 g/mol. The second-order valence-electron chi connectivity index (χ2n) is 8.04. The van der Waals surface area contributed by atoms with Crippen LogP contribution in [-0.4, -0.2) is 14.8 Å². The fraction of sp³-hybridized carbons (Fsp3) is 0.765. The Hall–Kier alpha value is -0.238. The molecule has 0 aromatic carbocycles. The highest BCUT2D eigenvalue weighted by Crippen LogP contribution is 2.50. The van der Waals surface area contributed by atoms with Gasteiger partial charge in [0, 0.05) is 0 Å². The largest absolute Gasteiger partial charge is 0.176 e. The minimum absolute atomic E-state index is 0.981. The zero-order valence-corrected chi connectivity index (χ0v) is 14.0. The molecule has 0 saturated carbocycles. The average Bonchev–Trinajstić information content (AvgIpc) is 2.37. The first-order valence-corrected chi connectivity index (χ1v) is 11.9. The Morgan fingerprint density at radius 1 is 0.895 bits per heavy atom. The van der Waals surface area contributed by atoms with Crippen LogP contribution in [-0.2, 0) is 0 Å². The van der Waals surface area contributed by atoms with E-state index in [4.69, 9.17) is 0 Å². The Balaban J connectivity index is 1.96. The van der Waals surface area contributed by atoms with Crippen LogP contribution in [0.15, 0.2) is 22.8 Å². The van der Waals surface area contributed by atoms with Crippen molar-refractivity contribution >= 4 is 14.8 Å². The molecule has 0 unspecified atom stereocenters. The van der Waals surface area contributed by atoms with Gasteiger partial charge in [-0.2, -0.15) is 0 Å². The van der Waals surface area contributed by atoms with Crippen molar-refractivity contribution in [3.05, 3.63) is 22.8 Å². The molecule has 2 heterocycles. The molecule has 2 bridgehead atoms. The Labute approximate surface area is 120 Å². The third kappa shape index (κ3) is 2.66. The van der Waals surface area contributed by atoms with Crippen molar-refractivity contribution in [3.8, 4) is 0 Å². The summed E-state index contributed by atoms with van der Waals surface area (Å²) in [5, 5.41) is 1.92. The molecule has 2 saturated heterocycles. The molecule has 0 aromatic heterocycles. The smallest absolute Gasteiger partial charge is 0.101 e. The van der Waals surface area contributed by atoms with Gasteiger partial charge >= 0.3 is 0 Å². The molecule has 0 N–H and O–H groups in total. The SMILES string of the molecule is C[Si](C)(C)C1=C(B2C3CCCC2CCC3)CC=CC1. The van der Waals surface area contributed by atoms with Gasteiger partial charge in [0.05, 0.1) is 8.07 Å². The molecule has 2 fully saturated rings. The van der Waals surface area contributed by atoms with E-state index < -0.39 is 8.07 Å². The summed E-state index contributed by atoms with van der Waals surface area (Å²) < 4.78 is 0. The Bertz CT molecular complexity index is 380. The summed E-state index contributed by atoms with van der Waals surface area (Å²) in [4.78, 5) is 0. The average molecular weight is 272 g/mol. The first-order chi connectivity index (χ1) is 9.07. The van der Waals surface area contributed by atoms with Gasteiger partial charge in [0.15, 0.2) is 6.71 Å². The Kier molecular flexibility index (Phi) is 3.81. The minimum atomic E-state index is -1.12. The fourth-order valence-electron chi connectivity index (χ4n) is 5.04. The van der Waals surface area contributed by atoms with Crippen molar-refractivity contribution in [2.24, 2.45) is 0 Å². The fourth-order valence-corrected chi connectivity index (χ4v) is 7.00. The van der Waals surface area contributed by atoms with Crippen molar-refractivity contribution in [3.63, 3.8) is 0 Å². The van der Waals surface area contributed by atoms with E-state index in [1.807, 2.05) is 10.7 Å². The van der Waals surface area contributed by atoms with E-state index >= 15 is 0 Å². The lowest BCUT2D eigenvalue weighted by atomic mass is 9.24. The molecule has 2 heteroatoms. The Morgan fingerprint density at radius 3 is 1.95 bits per heavy atom. The van der Waals surface area contributed by atoms with Crippen LogP contribution < -0.4 is 0 Å². The third-order valence-corrected chi connectivity index (χ3v) is 8.17. The van der Waals surface area contributed by atoms with Crippen molar-refractivity contribution in [2.45, 2.75) is 82.6 Å². The van der Waals surface area contributed by atoms with Crippen molar-refractivity contribution in [1.82, 2.24) is 0 Å². The molecule has 1 aliphatic carbocycles. The van der Waals surface area contributed by atoms with Crippen LogP contribution >= 0.6 is 0 Å². The van der Waals surface area contributed by atoms with Crippen LogP contribution in [0.1, 0.15) is 51.4 Å². The normalized spacial score (nSPS) is 31.8. The highest BCUT2D eigenvalue weighted by molar-refractivity contribution is 6.85. The zero-order chi connectivity index (χ0) is 13.5. The highest BCUT2D eigenvalue weighted by Gasteiger charge is 2.42. The first kappa shape index (κ1) is 13.7. The zero-order valence-electron chi connectivity index (χ0n) is 13.0. The lowest BCUT2D eigenvalue weighted by Gasteiger charge is -2.44. The number of fused-ring (bicyclic) bond motifs is 2. The van der Waals surface area contributed by atoms with Gasteiger partial charge in [-0.05, 0) is 12.8 Å². The molecule has 3 aliphatic rings. The van der Waals surface area contributed by atoms with Gasteiger partial charge in [0.2, 0.25) is 0 Å². The van der Waals surface area contributed by atoms with Gasteiger partial charge in [-0.15, -0.1) is 5.47 Å². The van der Waals surface area contributed by atoms with Gasteiger partial charge < -0.3 is 0 Å². The molecule has 0 atom stereocenters. The standard InChI is InChI=1S/C17H29BSi/c1-19(2,3)17-13-5-4-12-16(17)18-14-8-6-9-15(18)11-7-10-14/h4-5,14-15H,6-13H2,1-3H3. The Morgan fingerprint density at radius 2 is 1.42 bits per heavy atom. The third-order valence-electron chi connectivity index (χ3n) is 5.84. The quantitative estimate of drug-likeness (QED) is 0.450. The number of hydrogen-bond acceptors (Lipinski definition) is 0. The molecule has 0 nitrogen and oxygen atoms in total. The molecule has 0 aromatic rings. The minimum Gasteiger partial charge on any atom is -0.101 e. The van der Waals surface area contributed by atoms with E-state index in [1.165, 1.54) is 51.4 Å². The van der Waals surface area contributed by atoms with Gasteiger partial charge in [0.1, 0.15) is 0 Å². The summed E-state index contributed by atoms with van der Waals surface area (Å²) in [5.74, 6) is 2.08. The monoisotopic (exact) mass is 272 g/mol. The van der Waals surface area contributed by atoms with E-state index in [-0.39, 0.29) is 0 Å². The lowest BCUT2D eigenvalue weighted by molar-refractivity contribution is 0.445. The van der Waals surface area contributed by atoms with Gasteiger partial charge in [-0.3, -0.25) is 0 Å². The summed E-state index contributed by atoms with van der Waals surface area (Å²) in [6, 6.07) is 0. The summed E-state index contributed by atoms with van der Waals surface area (Å²) >= 11 is 0. The van der Waals surface area contributed by atoms with Gasteiger partial charge in [-0.25, -0.2) is 0 Å². The molecule has 19 heavy (non-hydrogen) atoms. The van der Waals surface area contributed by atoms with Crippen LogP contribution in [0.3, 0.4) is 0 Å². The summed E-state index contributed by atoms with van der Waals surface area (Å²) in [6.45, 7) is 8.65. The van der Waals surface area contributed by atoms with E-state index in [1.54, 1.807) is 0 Å². The number of allylic oxidation sites excluding steroid dienone is 4. The predicted molar refractivity (Wildman–Crippen MR) is 89.7 cm³/mol. The maximum atomic E-state index is 2.56. The van der Waals surface area contributed by atoms with E-state index in [0.717, 1.165) is 18.3 Å². The van der Waals surface area contributed by atoms with Crippen LogP contribution in [0.4, 0.5) is 0 Å². The predicted octanol–water partition coefficient (Wildman–Crippen LogP) is 5.65. The summed E-state index contributed by atoms with van der Waals surface area (Å²) in [7, 11) is -1.12. The van der Waals surface area contributed by atoms with Crippen LogP contribution in [0, 0.1) is 0 Å². The van der Waals surface area contributed by atoms with Crippen LogP contribution in [0.25, 0.3) is 0 Å².